The van der Waals surface area contributed by atoms with Crippen LogP contribution in [0.1, 0.15) is 56.6 Å². The maximum Gasteiger partial charge on any atom is 0.305 e. The Labute approximate surface area is 204 Å². The number of carbonyl (C=O) groups excluding carboxylic acids is 1. The van der Waals surface area contributed by atoms with Gasteiger partial charge in [0.15, 0.2) is 5.96 Å². The predicted octanol–water partition coefficient (Wildman–Crippen LogP) is 3.74. The number of ether oxygens (including phenoxy) is 2. The second kappa shape index (κ2) is 16.1. The number of nitrogens with one attached hydrogen (secondary N) is 2. The van der Waals surface area contributed by atoms with Crippen LogP contribution in [0.25, 0.3) is 0 Å². The Morgan fingerprint density at radius 1 is 1.13 bits per heavy atom. The number of unbranched alkanes of at least 4 members (excludes halogenated alkanes) is 3. The maximum absolute atomic E-state index is 11.1. The monoisotopic (exact) mass is 546 g/mol. The van der Waals surface area contributed by atoms with Crippen molar-refractivity contribution in [3.8, 4) is 5.75 Å². The van der Waals surface area contributed by atoms with Gasteiger partial charge in [-0.3, -0.25) is 14.7 Å². The first kappa shape index (κ1) is 27.5. The molecule has 1 atom stereocenters. The first-order chi connectivity index (χ1) is 14.7. The average Bonchev–Trinajstić information content (AvgIpc) is 3.31. The van der Waals surface area contributed by atoms with Crippen molar-refractivity contribution in [3.63, 3.8) is 0 Å². The number of methoxy groups -OCH3 is 2. The third kappa shape index (κ3) is 10.1. The number of esters is 1. The molecule has 2 rings (SSSR count). The second-order valence-corrected chi connectivity index (χ2v) is 7.66. The van der Waals surface area contributed by atoms with Crippen molar-refractivity contribution in [1.82, 2.24) is 15.5 Å². The van der Waals surface area contributed by atoms with Gasteiger partial charge >= 0.3 is 5.97 Å². The van der Waals surface area contributed by atoms with Gasteiger partial charge in [0, 0.05) is 26.6 Å². The third-order valence-electron chi connectivity index (χ3n) is 5.57. The van der Waals surface area contributed by atoms with E-state index >= 15 is 0 Å². The molecule has 1 unspecified atom stereocenters. The van der Waals surface area contributed by atoms with Crippen molar-refractivity contribution in [2.75, 3.05) is 47.4 Å². The molecule has 7 nitrogen and oxygen atoms in total. The van der Waals surface area contributed by atoms with E-state index in [1.807, 2.05) is 13.1 Å². The topological polar surface area (TPSA) is 75.2 Å². The Balaban J connectivity index is 0.00000480. The average molecular weight is 546 g/mol. The lowest BCUT2D eigenvalue weighted by molar-refractivity contribution is -0.140. The van der Waals surface area contributed by atoms with Crippen molar-refractivity contribution < 1.29 is 14.3 Å². The van der Waals surface area contributed by atoms with E-state index in [0.717, 1.165) is 63.6 Å². The summed E-state index contributed by atoms with van der Waals surface area (Å²) in [5.41, 5.74) is 1.27. The number of nitrogens with zero attached hydrogens (tertiary/aromatic N) is 2. The van der Waals surface area contributed by atoms with Crippen molar-refractivity contribution in [2.45, 2.75) is 51.0 Å². The normalized spacial score (nSPS) is 15.1. The van der Waals surface area contributed by atoms with Crippen LogP contribution in [-0.2, 0) is 9.53 Å². The Morgan fingerprint density at radius 3 is 2.55 bits per heavy atom. The van der Waals surface area contributed by atoms with Crippen molar-refractivity contribution in [1.29, 1.82) is 0 Å². The molecule has 1 saturated heterocycles. The van der Waals surface area contributed by atoms with E-state index in [1.54, 1.807) is 7.11 Å². The van der Waals surface area contributed by atoms with Gasteiger partial charge in [-0.05, 0) is 56.5 Å². The van der Waals surface area contributed by atoms with E-state index in [9.17, 15) is 4.79 Å². The minimum atomic E-state index is -0.124. The summed E-state index contributed by atoms with van der Waals surface area (Å²) in [6.07, 6.45) is 7.07. The minimum absolute atomic E-state index is 0. The van der Waals surface area contributed by atoms with E-state index < -0.39 is 0 Å². The zero-order chi connectivity index (χ0) is 21.6. The molecule has 0 aliphatic carbocycles. The van der Waals surface area contributed by atoms with Gasteiger partial charge in [0.25, 0.3) is 0 Å². The first-order valence-electron chi connectivity index (χ1n) is 11.1. The molecule has 31 heavy (non-hydrogen) atoms. The number of hydrogen-bond acceptors (Lipinski definition) is 5. The van der Waals surface area contributed by atoms with E-state index in [2.05, 4.69) is 43.5 Å². The van der Waals surface area contributed by atoms with Crippen molar-refractivity contribution >= 4 is 35.9 Å². The Morgan fingerprint density at radius 2 is 1.87 bits per heavy atom. The van der Waals surface area contributed by atoms with Crippen LogP contribution in [0.3, 0.4) is 0 Å². The predicted molar refractivity (Wildman–Crippen MR) is 136 cm³/mol. The molecule has 0 amide bonds. The fraction of sp³-hybridized carbons (Fsp3) is 0.652. The van der Waals surface area contributed by atoms with E-state index in [1.165, 1.54) is 25.5 Å². The zero-order valence-electron chi connectivity index (χ0n) is 19.2. The molecule has 1 aromatic carbocycles. The molecule has 0 aromatic heterocycles. The number of benzene rings is 1. The Kier molecular flexibility index (Phi) is 14.3. The quantitative estimate of drug-likeness (QED) is 0.137. The highest BCUT2D eigenvalue weighted by Crippen LogP contribution is 2.27. The molecular formula is C23H39IN4O3. The number of hydrogen-bond donors (Lipinski definition) is 2. The van der Waals surface area contributed by atoms with Gasteiger partial charge in [-0.25, -0.2) is 0 Å². The molecule has 0 saturated carbocycles. The molecule has 8 heteroatoms. The molecule has 1 aliphatic rings. The van der Waals surface area contributed by atoms with Crippen LogP contribution in [0.2, 0.25) is 0 Å². The van der Waals surface area contributed by atoms with Crippen LogP contribution < -0.4 is 15.4 Å². The van der Waals surface area contributed by atoms with Gasteiger partial charge in [-0.1, -0.05) is 25.0 Å². The lowest BCUT2D eigenvalue weighted by atomic mass is 10.1. The molecule has 2 N–H and O–H groups in total. The Bertz CT molecular complexity index is 666. The number of aliphatic imine (C=N–C) groups is 1. The third-order valence-corrected chi connectivity index (χ3v) is 5.57. The van der Waals surface area contributed by atoms with Crippen LogP contribution in [0.4, 0.5) is 0 Å². The summed E-state index contributed by atoms with van der Waals surface area (Å²) in [7, 11) is 4.96. The van der Waals surface area contributed by atoms with E-state index in [0.29, 0.717) is 12.5 Å². The maximum atomic E-state index is 11.1. The smallest absolute Gasteiger partial charge is 0.305 e. The summed E-state index contributed by atoms with van der Waals surface area (Å²) in [6, 6.07) is 8.65. The van der Waals surface area contributed by atoms with Crippen molar-refractivity contribution in [2.24, 2.45) is 4.99 Å². The molecular weight excluding hydrogens is 507 g/mol. The largest absolute Gasteiger partial charge is 0.497 e. The van der Waals surface area contributed by atoms with Crippen molar-refractivity contribution in [3.05, 3.63) is 29.8 Å². The molecule has 1 aromatic rings. The molecule has 1 fully saturated rings. The summed E-state index contributed by atoms with van der Waals surface area (Å²) < 4.78 is 10.1. The fourth-order valence-corrected chi connectivity index (χ4v) is 3.83. The highest BCUT2D eigenvalue weighted by Gasteiger charge is 2.24. The standard InChI is InChI=1S/C23H38N4O3.HI/c1-24-23(25-14-7-5-4-6-13-22(28)30-3)26-18-21(27-15-8-9-16-27)19-11-10-12-20(17-19)29-2;/h10-12,17,21H,4-9,13-16,18H2,1-3H3,(H2,24,25,26);1H. The summed E-state index contributed by atoms with van der Waals surface area (Å²) in [6.45, 7) is 3.92. The number of halogens is 1. The van der Waals surface area contributed by atoms with Gasteiger partial charge in [0.2, 0.25) is 0 Å². The molecule has 0 bridgehead atoms. The van der Waals surface area contributed by atoms with Gasteiger partial charge in [-0.2, -0.15) is 0 Å². The lowest BCUT2D eigenvalue weighted by Crippen LogP contribution is -2.43. The number of guanidine groups is 1. The number of carbonyl (C=O) groups is 1. The lowest BCUT2D eigenvalue weighted by Gasteiger charge is -2.29. The summed E-state index contributed by atoms with van der Waals surface area (Å²) in [4.78, 5) is 18.0. The Hall–Kier alpha value is -1.55. The van der Waals surface area contributed by atoms with E-state index in [4.69, 9.17) is 4.74 Å². The van der Waals surface area contributed by atoms with Gasteiger partial charge < -0.3 is 20.1 Å². The van der Waals surface area contributed by atoms with Crippen LogP contribution in [0.15, 0.2) is 29.3 Å². The minimum Gasteiger partial charge on any atom is -0.497 e. The van der Waals surface area contributed by atoms with Crippen LogP contribution in [0, 0.1) is 0 Å². The summed E-state index contributed by atoms with van der Waals surface area (Å²) in [5, 5.41) is 6.91. The van der Waals surface area contributed by atoms with Crippen LogP contribution in [-0.4, -0.2) is 64.3 Å². The molecule has 0 spiro atoms. The molecule has 0 radical (unpaired) electrons. The van der Waals surface area contributed by atoms with Crippen LogP contribution >= 0.6 is 24.0 Å². The second-order valence-electron chi connectivity index (χ2n) is 7.66. The van der Waals surface area contributed by atoms with Gasteiger partial charge in [0.05, 0.1) is 20.3 Å². The van der Waals surface area contributed by atoms with E-state index in [-0.39, 0.29) is 29.9 Å². The number of rotatable bonds is 12. The van der Waals surface area contributed by atoms with Gasteiger partial charge in [-0.15, -0.1) is 24.0 Å². The highest BCUT2D eigenvalue weighted by molar-refractivity contribution is 14.0. The number of likely N-dealkylation sites (tertiary alicyclic amines) is 1. The van der Waals surface area contributed by atoms with Gasteiger partial charge in [0.1, 0.15) is 5.75 Å². The zero-order valence-corrected chi connectivity index (χ0v) is 21.5. The fourth-order valence-electron chi connectivity index (χ4n) is 3.83. The SMILES string of the molecule is CN=C(NCCCCCCC(=O)OC)NCC(c1cccc(OC)c1)N1CCCC1.I. The molecule has 176 valence electrons. The van der Waals surface area contributed by atoms with Crippen LogP contribution in [0.5, 0.6) is 5.75 Å². The highest BCUT2D eigenvalue weighted by atomic mass is 127. The first-order valence-corrected chi connectivity index (χ1v) is 11.1. The summed E-state index contributed by atoms with van der Waals surface area (Å²) in [5.74, 6) is 1.60. The molecule has 1 aliphatic heterocycles. The molecule has 1 heterocycles. The summed E-state index contributed by atoms with van der Waals surface area (Å²) >= 11 is 0.